The summed E-state index contributed by atoms with van der Waals surface area (Å²) in [4.78, 5) is 3.02. The zero-order valence-corrected chi connectivity index (χ0v) is 13.1. The van der Waals surface area contributed by atoms with Crippen LogP contribution in [0.3, 0.4) is 0 Å². The van der Waals surface area contributed by atoms with E-state index in [1.807, 2.05) is 0 Å². The van der Waals surface area contributed by atoms with Crippen LogP contribution < -0.4 is 0 Å². The summed E-state index contributed by atoms with van der Waals surface area (Å²) in [5.74, 6) is 0.766. The van der Waals surface area contributed by atoms with Gasteiger partial charge in [0.15, 0.2) is 9.84 Å². The summed E-state index contributed by atoms with van der Waals surface area (Å²) in [5.41, 5.74) is 1.10. The molecule has 1 saturated heterocycles. The van der Waals surface area contributed by atoms with Crippen LogP contribution in [0.5, 0.6) is 0 Å². The van der Waals surface area contributed by atoms with Gasteiger partial charge in [-0.15, -0.1) is 0 Å². The summed E-state index contributed by atoms with van der Waals surface area (Å²) in [6, 6.07) is 0. The van der Waals surface area contributed by atoms with Crippen molar-refractivity contribution in [3.05, 3.63) is 22.8 Å². The smallest absolute Gasteiger partial charge is 0.179 e. The number of nitrogens with zero attached hydrogens (tertiary/aromatic N) is 1. The van der Waals surface area contributed by atoms with Crippen molar-refractivity contribution in [2.75, 3.05) is 26.3 Å². The minimum Gasteiger partial charge on any atom is -0.378 e. The minimum atomic E-state index is -3.12. The van der Waals surface area contributed by atoms with Crippen molar-refractivity contribution >= 4 is 9.84 Å². The van der Waals surface area contributed by atoms with Crippen molar-refractivity contribution in [2.24, 2.45) is 11.8 Å². The third kappa shape index (κ3) is 2.25. The molecule has 0 N–H and O–H groups in total. The minimum absolute atomic E-state index is 0.156. The predicted molar refractivity (Wildman–Crippen MR) is 81.3 cm³/mol. The Morgan fingerprint density at radius 1 is 1.10 bits per heavy atom. The summed E-state index contributed by atoms with van der Waals surface area (Å²) in [7, 11) is -3.12. The lowest BCUT2D eigenvalue weighted by Gasteiger charge is -2.31. The summed E-state index contributed by atoms with van der Waals surface area (Å²) >= 11 is 0. The number of hydrogen-bond acceptors (Lipinski definition) is 4. The zero-order chi connectivity index (χ0) is 14.4. The van der Waals surface area contributed by atoms with Crippen LogP contribution in [0, 0.1) is 11.8 Å². The number of fused-ring (bicyclic) bond motifs is 2. The molecular weight excluding hydrogens is 286 g/mol. The summed E-state index contributed by atoms with van der Waals surface area (Å²) < 4.78 is 31.7. The maximum atomic E-state index is 13.1. The highest BCUT2D eigenvalue weighted by Gasteiger charge is 2.46. The van der Waals surface area contributed by atoms with Gasteiger partial charge in [-0.3, -0.25) is 0 Å². The molecule has 2 fully saturated rings. The van der Waals surface area contributed by atoms with Gasteiger partial charge >= 0.3 is 0 Å². The number of allylic oxidation sites excluding steroid dienone is 4. The molecule has 3 aliphatic carbocycles. The first-order valence-corrected chi connectivity index (χ1v) is 9.68. The SMILES string of the molecule is O=S(=O)(C1=C(N2CCOCC2)CCC1)[C@@H]1C[C@@H]2C=C[C@H]1C2. The molecule has 0 unspecified atom stereocenters. The highest BCUT2D eigenvalue weighted by molar-refractivity contribution is 7.95. The molecule has 5 heteroatoms. The van der Waals surface area contributed by atoms with Crippen molar-refractivity contribution < 1.29 is 13.2 Å². The molecule has 0 radical (unpaired) electrons. The van der Waals surface area contributed by atoms with Crippen LogP contribution in [0.1, 0.15) is 32.1 Å². The van der Waals surface area contributed by atoms with Gasteiger partial charge < -0.3 is 9.64 Å². The van der Waals surface area contributed by atoms with E-state index in [1.54, 1.807) is 0 Å². The Labute approximate surface area is 126 Å². The van der Waals surface area contributed by atoms with E-state index in [4.69, 9.17) is 4.74 Å². The molecule has 21 heavy (non-hydrogen) atoms. The quantitative estimate of drug-likeness (QED) is 0.749. The van der Waals surface area contributed by atoms with Crippen molar-refractivity contribution in [1.29, 1.82) is 0 Å². The largest absolute Gasteiger partial charge is 0.378 e. The maximum absolute atomic E-state index is 13.1. The van der Waals surface area contributed by atoms with Crippen LogP contribution >= 0.6 is 0 Å². The zero-order valence-electron chi connectivity index (χ0n) is 12.3. The Bertz CT molecular complexity index is 587. The first kappa shape index (κ1) is 13.8. The van der Waals surface area contributed by atoms with Crippen molar-refractivity contribution in [3.8, 4) is 0 Å². The van der Waals surface area contributed by atoms with Gasteiger partial charge in [0.05, 0.1) is 23.4 Å². The van der Waals surface area contributed by atoms with Gasteiger partial charge in [-0.25, -0.2) is 8.42 Å². The molecular formula is C16H23NO3S. The average molecular weight is 309 g/mol. The fourth-order valence-corrected chi connectivity index (χ4v) is 6.96. The monoisotopic (exact) mass is 309 g/mol. The standard InChI is InChI=1S/C16H23NO3S/c18-21(19,16-11-12-4-5-13(16)10-12)15-3-1-2-14(15)17-6-8-20-9-7-17/h4-5,12-13,16H,1-3,6-11H2/t12-,13+,16-/m1/s1. The highest BCUT2D eigenvalue weighted by Crippen LogP contribution is 2.46. The van der Waals surface area contributed by atoms with E-state index in [9.17, 15) is 8.42 Å². The van der Waals surface area contributed by atoms with Crippen LogP contribution in [0.2, 0.25) is 0 Å². The molecule has 1 aliphatic heterocycles. The van der Waals surface area contributed by atoms with Gasteiger partial charge in [-0.05, 0) is 43.9 Å². The van der Waals surface area contributed by atoms with Gasteiger partial charge in [-0.2, -0.15) is 0 Å². The molecule has 1 heterocycles. The van der Waals surface area contributed by atoms with E-state index in [0.717, 1.165) is 55.8 Å². The average Bonchev–Trinajstić information content (AvgIpc) is 3.24. The number of hydrogen-bond donors (Lipinski definition) is 0. The first-order valence-electron chi connectivity index (χ1n) is 8.13. The lowest BCUT2D eigenvalue weighted by Crippen LogP contribution is -2.37. The number of rotatable bonds is 3. The highest BCUT2D eigenvalue weighted by atomic mass is 32.2. The van der Waals surface area contributed by atoms with E-state index >= 15 is 0 Å². The molecule has 116 valence electrons. The van der Waals surface area contributed by atoms with Gasteiger partial charge in [0.2, 0.25) is 0 Å². The Kier molecular flexibility index (Phi) is 3.38. The summed E-state index contributed by atoms with van der Waals surface area (Å²) in [6.07, 6.45) is 8.88. The first-order chi connectivity index (χ1) is 10.2. The Morgan fingerprint density at radius 2 is 1.90 bits per heavy atom. The number of morpholine rings is 1. The molecule has 2 bridgehead atoms. The lowest BCUT2D eigenvalue weighted by molar-refractivity contribution is 0.0525. The second-order valence-electron chi connectivity index (χ2n) is 6.69. The second-order valence-corrected chi connectivity index (χ2v) is 8.87. The van der Waals surface area contributed by atoms with Crippen molar-refractivity contribution in [3.63, 3.8) is 0 Å². The number of sulfone groups is 1. The molecule has 4 aliphatic rings. The summed E-state index contributed by atoms with van der Waals surface area (Å²) in [6.45, 7) is 3.11. The predicted octanol–water partition coefficient (Wildman–Crippen LogP) is 2.09. The van der Waals surface area contributed by atoms with Crippen LogP contribution in [0.15, 0.2) is 22.8 Å². The molecule has 4 rings (SSSR count). The molecule has 0 spiro atoms. The molecule has 0 aromatic carbocycles. The van der Waals surface area contributed by atoms with Crippen LogP contribution in [0.25, 0.3) is 0 Å². The number of ether oxygens (including phenoxy) is 1. The van der Waals surface area contributed by atoms with E-state index in [1.165, 1.54) is 0 Å². The molecule has 0 amide bonds. The third-order valence-electron chi connectivity index (χ3n) is 5.49. The van der Waals surface area contributed by atoms with Crippen LogP contribution in [-0.2, 0) is 14.6 Å². The molecule has 0 aromatic heterocycles. The molecule has 4 nitrogen and oxygen atoms in total. The Hall–Kier alpha value is -0.810. The van der Waals surface area contributed by atoms with E-state index in [2.05, 4.69) is 17.1 Å². The third-order valence-corrected chi connectivity index (χ3v) is 7.96. The fraction of sp³-hybridized carbons (Fsp3) is 0.750. The second kappa shape index (κ2) is 5.13. The lowest BCUT2D eigenvalue weighted by atomic mass is 10.1. The van der Waals surface area contributed by atoms with Crippen molar-refractivity contribution in [2.45, 2.75) is 37.4 Å². The van der Waals surface area contributed by atoms with E-state index < -0.39 is 9.84 Å². The van der Waals surface area contributed by atoms with Gasteiger partial charge in [0.1, 0.15) is 0 Å². The van der Waals surface area contributed by atoms with Crippen LogP contribution in [-0.4, -0.2) is 44.9 Å². The fourth-order valence-electron chi connectivity index (χ4n) is 4.44. The maximum Gasteiger partial charge on any atom is 0.179 e. The topological polar surface area (TPSA) is 46.6 Å². The van der Waals surface area contributed by atoms with Gasteiger partial charge in [0.25, 0.3) is 0 Å². The van der Waals surface area contributed by atoms with Crippen molar-refractivity contribution in [1.82, 2.24) is 4.90 Å². The molecule has 3 atom stereocenters. The van der Waals surface area contributed by atoms with Gasteiger partial charge in [-0.1, -0.05) is 12.2 Å². The Morgan fingerprint density at radius 3 is 2.57 bits per heavy atom. The van der Waals surface area contributed by atoms with Gasteiger partial charge in [0, 0.05) is 18.8 Å². The molecule has 0 aromatic rings. The molecule has 1 saturated carbocycles. The summed E-state index contributed by atoms with van der Waals surface area (Å²) in [5, 5.41) is -0.156. The van der Waals surface area contributed by atoms with E-state index in [-0.39, 0.29) is 11.2 Å². The normalized spacial score (nSPS) is 36.0. The van der Waals surface area contributed by atoms with Crippen LogP contribution in [0.4, 0.5) is 0 Å². The van der Waals surface area contributed by atoms with E-state index in [0.29, 0.717) is 19.1 Å². The Balaban J connectivity index is 1.65.